The van der Waals surface area contributed by atoms with Crippen molar-refractivity contribution in [2.75, 3.05) is 0 Å². The Morgan fingerprint density at radius 2 is 1.90 bits per heavy atom. The van der Waals surface area contributed by atoms with Crippen LogP contribution in [0.2, 0.25) is 0 Å². The topological polar surface area (TPSA) is 84.6 Å². The Bertz CT molecular complexity index is 797. The Labute approximate surface area is 120 Å². The van der Waals surface area contributed by atoms with Gasteiger partial charge in [0, 0.05) is 6.07 Å². The summed E-state index contributed by atoms with van der Waals surface area (Å²) in [6, 6.07) is 11.8. The van der Waals surface area contributed by atoms with Gasteiger partial charge in [0.1, 0.15) is 11.4 Å². The summed E-state index contributed by atoms with van der Waals surface area (Å²) in [5.74, 6) is -0.155. The lowest BCUT2D eigenvalue weighted by Gasteiger charge is -2.03. The summed E-state index contributed by atoms with van der Waals surface area (Å²) in [5, 5.41) is 13.7. The second-order valence-electron chi connectivity index (χ2n) is 4.66. The zero-order valence-corrected chi connectivity index (χ0v) is 11.2. The average Bonchev–Trinajstić information content (AvgIpc) is 2.78. The molecule has 0 saturated heterocycles. The molecule has 1 aliphatic rings. The molecule has 0 unspecified atom stereocenters. The highest BCUT2D eigenvalue weighted by Gasteiger charge is 2.32. The highest BCUT2D eigenvalue weighted by Crippen LogP contribution is 2.28. The van der Waals surface area contributed by atoms with E-state index >= 15 is 0 Å². The number of nitro benzene ring substituents is 1. The Balaban J connectivity index is 2.20. The molecule has 21 heavy (non-hydrogen) atoms. The molecule has 2 aromatic carbocycles. The van der Waals surface area contributed by atoms with Crippen LogP contribution < -0.4 is 5.32 Å². The van der Waals surface area contributed by atoms with Crippen molar-refractivity contribution in [2.45, 2.75) is 6.92 Å². The van der Waals surface area contributed by atoms with Gasteiger partial charge in [0.15, 0.2) is 0 Å². The largest absolute Gasteiger partial charge is 0.306 e. The van der Waals surface area contributed by atoms with E-state index < -0.39 is 4.92 Å². The van der Waals surface area contributed by atoms with Crippen molar-refractivity contribution in [1.29, 1.82) is 0 Å². The van der Waals surface area contributed by atoms with E-state index in [1.54, 1.807) is 12.1 Å². The standard InChI is InChI=1S/C15H11N3O3/c1-9-5-2-3-7-11(9)16-14-13-10(15(19)17-14)6-4-8-12(13)18(20)21/h2-8H,1H3,(H,16,17,19). The maximum atomic E-state index is 11.9. The van der Waals surface area contributed by atoms with Crippen molar-refractivity contribution in [2.24, 2.45) is 4.99 Å². The third-order valence-corrected chi connectivity index (χ3v) is 3.30. The summed E-state index contributed by atoms with van der Waals surface area (Å²) in [5.41, 5.74) is 1.98. The van der Waals surface area contributed by atoms with Gasteiger partial charge in [0.25, 0.3) is 11.6 Å². The highest BCUT2D eigenvalue weighted by molar-refractivity contribution is 6.25. The molecule has 2 aromatic rings. The van der Waals surface area contributed by atoms with Gasteiger partial charge in [-0.05, 0) is 24.6 Å². The normalized spacial score (nSPS) is 14.9. The Morgan fingerprint density at radius 1 is 1.14 bits per heavy atom. The van der Waals surface area contributed by atoms with Crippen LogP contribution in [0.5, 0.6) is 0 Å². The van der Waals surface area contributed by atoms with Gasteiger partial charge >= 0.3 is 0 Å². The van der Waals surface area contributed by atoms with Crippen LogP contribution in [0, 0.1) is 17.0 Å². The van der Waals surface area contributed by atoms with Crippen LogP contribution in [0.15, 0.2) is 47.5 Å². The first-order valence-corrected chi connectivity index (χ1v) is 6.31. The minimum atomic E-state index is -0.507. The monoisotopic (exact) mass is 281 g/mol. The van der Waals surface area contributed by atoms with Crippen LogP contribution in [0.1, 0.15) is 21.5 Å². The number of hydrogen-bond acceptors (Lipinski definition) is 4. The maximum Gasteiger partial charge on any atom is 0.281 e. The Hall–Kier alpha value is -3.02. The number of amides is 1. The van der Waals surface area contributed by atoms with Crippen LogP contribution in [-0.2, 0) is 0 Å². The second kappa shape index (κ2) is 4.82. The molecule has 0 fully saturated rings. The minimum absolute atomic E-state index is 0.127. The van der Waals surface area contributed by atoms with Gasteiger partial charge in [-0.2, -0.15) is 0 Å². The van der Waals surface area contributed by atoms with Crippen LogP contribution >= 0.6 is 0 Å². The highest BCUT2D eigenvalue weighted by atomic mass is 16.6. The Morgan fingerprint density at radius 3 is 2.62 bits per heavy atom. The van der Waals surface area contributed by atoms with E-state index in [4.69, 9.17) is 0 Å². The summed E-state index contributed by atoms with van der Waals surface area (Å²) in [7, 11) is 0. The van der Waals surface area contributed by atoms with Gasteiger partial charge in [-0.3, -0.25) is 14.9 Å². The quantitative estimate of drug-likeness (QED) is 0.678. The van der Waals surface area contributed by atoms with E-state index in [0.29, 0.717) is 5.69 Å². The molecule has 6 nitrogen and oxygen atoms in total. The predicted molar refractivity (Wildman–Crippen MR) is 77.9 cm³/mol. The van der Waals surface area contributed by atoms with Gasteiger partial charge in [-0.25, -0.2) is 4.99 Å². The van der Waals surface area contributed by atoms with E-state index in [1.807, 2.05) is 25.1 Å². The molecule has 6 heteroatoms. The number of aryl methyl sites for hydroxylation is 1. The van der Waals surface area contributed by atoms with Gasteiger partial charge in [-0.15, -0.1) is 0 Å². The number of benzene rings is 2. The molecule has 0 aliphatic carbocycles. The number of amidine groups is 1. The third kappa shape index (κ3) is 2.16. The van der Waals surface area contributed by atoms with E-state index in [-0.39, 0.29) is 28.6 Å². The number of nitro groups is 1. The van der Waals surface area contributed by atoms with Gasteiger partial charge in [-0.1, -0.05) is 24.3 Å². The number of fused-ring (bicyclic) bond motifs is 1. The van der Waals surface area contributed by atoms with Crippen LogP contribution in [0.3, 0.4) is 0 Å². The predicted octanol–water partition coefficient (Wildman–Crippen LogP) is 2.72. The number of aliphatic imine (C=N–C) groups is 1. The molecule has 0 radical (unpaired) electrons. The molecule has 3 rings (SSSR count). The zero-order chi connectivity index (χ0) is 15.0. The van der Waals surface area contributed by atoms with Crippen molar-refractivity contribution in [3.8, 4) is 0 Å². The van der Waals surface area contributed by atoms with Gasteiger partial charge in [0.2, 0.25) is 0 Å². The lowest BCUT2D eigenvalue weighted by atomic mass is 10.1. The first kappa shape index (κ1) is 13.0. The summed E-state index contributed by atoms with van der Waals surface area (Å²) in [4.78, 5) is 26.9. The van der Waals surface area contributed by atoms with E-state index in [9.17, 15) is 14.9 Å². The van der Waals surface area contributed by atoms with Crippen molar-refractivity contribution >= 4 is 23.1 Å². The molecular formula is C15H11N3O3. The molecule has 1 amide bonds. The lowest BCUT2D eigenvalue weighted by molar-refractivity contribution is -0.385. The molecule has 0 aromatic heterocycles. The SMILES string of the molecule is Cc1ccccc1N=C1NC(=O)c2cccc([N+](=O)[O-])c21. The fourth-order valence-corrected chi connectivity index (χ4v) is 2.26. The first-order chi connectivity index (χ1) is 10.1. The number of para-hydroxylation sites is 1. The molecule has 104 valence electrons. The van der Waals surface area contributed by atoms with Gasteiger partial charge < -0.3 is 5.32 Å². The van der Waals surface area contributed by atoms with E-state index in [2.05, 4.69) is 10.3 Å². The molecule has 0 atom stereocenters. The number of nitrogens with one attached hydrogen (secondary N) is 1. The zero-order valence-electron chi connectivity index (χ0n) is 11.2. The fraction of sp³-hybridized carbons (Fsp3) is 0.0667. The number of nitrogens with zero attached hydrogens (tertiary/aromatic N) is 2. The first-order valence-electron chi connectivity index (χ1n) is 6.31. The lowest BCUT2D eigenvalue weighted by Crippen LogP contribution is -2.21. The van der Waals surface area contributed by atoms with Gasteiger partial charge in [0.05, 0.1) is 16.2 Å². The van der Waals surface area contributed by atoms with Crippen molar-refractivity contribution in [3.05, 3.63) is 69.3 Å². The molecular weight excluding hydrogens is 270 g/mol. The summed E-state index contributed by atoms with van der Waals surface area (Å²) in [6.45, 7) is 1.89. The average molecular weight is 281 g/mol. The van der Waals surface area contributed by atoms with E-state index in [0.717, 1.165) is 5.56 Å². The Kier molecular flexibility index (Phi) is 2.98. The number of carbonyl (C=O) groups excluding carboxylic acids is 1. The molecule has 1 heterocycles. The summed E-state index contributed by atoms with van der Waals surface area (Å²) < 4.78 is 0. The summed E-state index contributed by atoms with van der Waals surface area (Å²) >= 11 is 0. The number of hydrogen-bond donors (Lipinski definition) is 1. The minimum Gasteiger partial charge on any atom is -0.306 e. The summed E-state index contributed by atoms with van der Waals surface area (Å²) in [6.07, 6.45) is 0. The van der Waals surface area contributed by atoms with E-state index in [1.165, 1.54) is 12.1 Å². The van der Waals surface area contributed by atoms with Crippen LogP contribution in [0.25, 0.3) is 0 Å². The fourth-order valence-electron chi connectivity index (χ4n) is 2.26. The molecule has 0 bridgehead atoms. The second-order valence-corrected chi connectivity index (χ2v) is 4.66. The smallest absolute Gasteiger partial charge is 0.281 e. The molecule has 1 N–H and O–H groups in total. The van der Waals surface area contributed by atoms with Crippen LogP contribution in [-0.4, -0.2) is 16.7 Å². The van der Waals surface area contributed by atoms with Crippen LogP contribution in [0.4, 0.5) is 11.4 Å². The van der Waals surface area contributed by atoms with Crippen molar-refractivity contribution in [3.63, 3.8) is 0 Å². The molecule has 0 spiro atoms. The molecule has 0 saturated carbocycles. The third-order valence-electron chi connectivity index (χ3n) is 3.30. The van der Waals surface area contributed by atoms with Crippen molar-refractivity contribution < 1.29 is 9.72 Å². The number of carbonyl (C=O) groups is 1. The molecule has 1 aliphatic heterocycles. The number of rotatable bonds is 2. The van der Waals surface area contributed by atoms with Crippen molar-refractivity contribution in [1.82, 2.24) is 5.32 Å². The maximum absolute atomic E-state index is 11.9.